The highest BCUT2D eigenvalue weighted by Gasteiger charge is 2.33. The van der Waals surface area contributed by atoms with E-state index in [0.717, 1.165) is 18.4 Å². The highest BCUT2D eigenvalue weighted by Crippen LogP contribution is 2.30. The van der Waals surface area contributed by atoms with Crippen LogP contribution in [0.1, 0.15) is 44.6 Å². The Morgan fingerprint density at radius 3 is 2.48 bits per heavy atom. The zero-order chi connectivity index (χ0) is 16.5. The summed E-state index contributed by atoms with van der Waals surface area (Å²) in [6.07, 6.45) is 5.57. The highest BCUT2D eigenvalue weighted by molar-refractivity contribution is 5.66. The van der Waals surface area contributed by atoms with Crippen LogP contribution in [0.2, 0.25) is 0 Å². The normalized spacial score (nSPS) is 18.3. The molecule has 0 amide bonds. The van der Waals surface area contributed by atoms with Crippen LogP contribution >= 0.6 is 0 Å². The summed E-state index contributed by atoms with van der Waals surface area (Å²) in [6, 6.07) is 10.0. The van der Waals surface area contributed by atoms with Crippen molar-refractivity contribution in [1.29, 1.82) is 0 Å². The lowest BCUT2D eigenvalue weighted by molar-refractivity contribution is -0.164. The molecule has 0 radical (unpaired) electrons. The molecule has 0 aliphatic heterocycles. The Labute approximate surface area is 139 Å². The van der Waals surface area contributed by atoms with Gasteiger partial charge in [-0.15, -0.1) is 0 Å². The van der Waals surface area contributed by atoms with Crippen molar-refractivity contribution in [3.05, 3.63) is 35.9 Å². The van der Waals surface area contributed by atoms with Crippen LogP contribution in [0.3, 0.4) is 0 Å². The molecule has 1 aliphatic rings. The van der Waals surface area contributed by atoms with Crippen molar-refractivity contribution in [3.63, 3.8) is 0 Å². The van der Waals surface area contributed by atoms with Crippen molar-refractivity contribution < 1.29 is 19.0 Å². The minimum Gasteiger partial charge on any atom is -0.457 e. The Morgan fingerprint density at radius 1 is 1.17 bits per heavy atom. The fourth-order valence-corrected chi connectivity index (χ4v) is 3.39. The molecule has 1 aliphatic carbocycles. The van der Waals surface area contributed by atoms with Crippen molar-refractivity contribution >= 4 is 5.97 Å². The van der Waals surface area contributed by atoms with Crippen LogP contribution in [0, 0.1) is 5.92 Å². The fourth-order valence-electron chi connectivity index (χ4n) is 3.39. The number of methoxy groups -OCH3 is 1. The Kier molecular flexibility index (Phi) is 7.56. The molecule has 128 valence electrons. The molecular formula is C19H28O4. The van der Waals surface area contributed by atoms with Gasteiger partial charge >= 0.3 is 5.97 Å². The molecule has 23 heavy (non-hydrogen) atoms. The van der Waals surface area contributed by atoms with E-state index < -0.39 is 0 Å². The number of hydrogen-bond donors (Lipinski definition) is 0. The predicted octanol–water partition coefficient (Wildman–Crippen LogP) is 3.73. The second-order valence-electron chi connectivity index (χ2n) is 6.25. The van der Waals surface area contributed by atoms with Crippen LogP contribution in [-0.2, 0) is 25.6 Å². The predicted molar refractivity (Wildman–Crippen MR) is 89.0 cm³/mol. The number of carbonyl (C=O) groups is 1. The van der Waals surface area contributed by atoms with Crippen LogP contribution in [0.25, 0.3) is 0 Å². The molecule has 0 unspecified atom stereocenters. The average Bonchev–Trinajstić information content (AvgIpc) is 2.57. The number of esters is 1. The van der Waals surface area contributed by atoms with Crippen molar-refractivity contribution in [2.75, 3.05) is 13.7 Å². The van der Waals surface area contributed by atoms with Gasteiger partial charge in [0.1, 0.15) is 0 Å². The molecule has 2 rings (SSSR count). The summed E-state index contributed by atoms with van der Waals surface area (Å²) >= 11 is 0. The maximum atomic E-state index is 11.5. The van der Waals surface area contributed by atoms with E-state index in [0.29, 0.717) is 19.1 Å². The highest BCUT2D eigenvalue weighted by atomic mass is 16.6. The summed E-state index contributed by atoms with van der Waals surface area (Å²) in [6.45, 7) is 2.32. The van der Waals surface area contributed by atoms with Crippen molar-refractivity contribution in [1.82, 2.24) is 0 Å². The van der Waals surface area contributed by atoms with E-state index in [2.05, 4.69) is 0 Å². The van der Waals surface area contributed by atoms with Gasteiger partial charge in [-0.05, 0) is 24.3 Å². The molecule has 0 heterocycles. The first-order valence-electron chi connectivity index (χ1n) is 8.52. The van der Waals surface area contributed by atoms with E-state index >= 15 is 0 Å². The molecule has 0 spiro atoms. The molecule has 4 heteroatoms. The molecular weight excluding hydrogens is 292 g/mol. The van der Waals surface area contributed by atoms with Gasteiger partial charge in [-0.2, -0.15) is 0 Å². The zero-order valence-corrected chi connectivity index (χ0v) is 14.2. The monoisotopic (exact) mass is 320 g/mol. The average molecular weight is 320 g/mol. The number of carbonyl (C=O) groups excluding carboxylic acids is 1. The summed E-state index contributed by atoms with van der Waals surface area (Å²) in [5.41, 5.74) is 1.11. The van der Waals surface area contributed by atoms with Crippen LogP contribution in [0.4, 0.5) is 0 Å². The topological polar surface area (TPSA) is 44.8 Å². The maximum absolute atomic E-state index is 11.5. The molecule has 1 fully saturated rings. The van der Waals surface area contributed by atoms with Gasteiger partial charge < -0.3 is 14.2 Å². The first-order valence-corrected chi connectivity index (χ1v) is 8.52. The maximum Gasteiger partial charge on any atom is 0.303 e. The number of hydrogen-bond acceptors (Lipinski definition) is 4. The van der Waals surface area contributed by atoms with E-state index in [-0.39, 0.29) is 18.2 Å². The summed E-state index contributed by atoms with van der Waals surface area (Å²) in [5, 5.41) is 0. The van der Waals surface area contributed by atoms with Gasteiger partial charge in [-0.1, -0.05) is 49.6 Å². The van der Waals surface area contributed by atoms with Gasteiger partial charge in [-0.25, -0.2) is 0 Å². The Hall–Kier alpha value is -1.39. The summed E-state index contributed by atoms with van der Waals surface area (Å²) < 4.78 is 17.0. The largest absolute Gasteiger partial charge is 0.457 e. The van der Waals surface area contributed by atoms with Gasteiger partial charge in [0, 0.05) is 14.0 Å². The minimum atomic E-state index is -0.343. The summed E-state index contributed by atoms with van der Waals surface area (Å²) in [5.74, 6) is 0.162. The number of ether oxygens (including phenoxy) is 3. The lowest BCUT2D eigenvalue weighted by atomic mass is 9.83. The fraction of sp³-hybridized carbons (Fsp3) is 0.632. The van der Waals surface area contributed by atoms with E-state index in [1.807, 2.05) is 30.3 Å². The summed E-state index contributed by atoms with van der Waals surface area (Å²) in [4.78, 5) is 11.5. The third-order valence-corrected chi connectivity index (χ3v) is 4.46. The lowest BCUT2D eigenvalue weighted by Gasteiger charge is -2.34. The van der Waals surface area contributed by atoms with Gasteiger partial charge in [0.2, 0.25) is 0 Å². The molecule has 2 atom stereocenters. The third kappa shape index (κ3) is 5.96. The molecule has 0 N–H and O–H groups in total. The molecule has 0 aromatic heterocycles. The Morgan fingerprint density at radius 2 is 1.87 bits per heavy atom. The SMILES string of the molecule is CO[C@@H](C1CCCCC1)[C@@H](COCc1ccccc1)OC(C)=O. The van der Waals surface area contributed by atoms with E-state index in [1.165, 1.54) is 26.2 Å². The lowest BCUT2D eigenvalue weighted by Crippen LogP contribution is -2.42. The molecule has 1 aromatic rings. The van der Waals surface area contributed by atoms with E-state index in [4.69, 9.17) is 14.2 Å². The third-order valence-electron chi connectivity index (χ3n) is 4.46. The Bertz CT molecular complexity index is 454. The first kappa shape index (κ1) is 18.0. The molecule has 1 aromatic carbocycles. The quantitative estimate of drug-likeness (QED) is 0.685. The van der Waals surface area contributed by atoms with Crippen molar-refractivity contribution in [2.45, 2.75) is 57.8 Å². The second kappa shape index (κ2) is 9.68. The van der Waals surface area contributed by atoms with E-state index in [9.17, 15) is 4.79 Å². The first-order chi connectivity index (χ1) is 11.2. The van der Waals surface area contributed by atoms with Gasteiger partial charge in [0.15, 0.2) is 6.10 Å². The second-order valence-corrected chi connectivity index (χ2v) is 6.25. The smallest absolute Gasteiger partial charge is 0.303 e. The van der Waals surface area contributed by atoms with Crippen LogP contribution < -0.4 is 0 Å². The van der Waals surface area contributed by atoms with Crippen LogP contribution in [0.15, 0.2) is 30.3 Å². The minimum absolute atomic E-state index is 0.0880. The van der Waals surface area contributed by atoms with Crippen molar-refractivity contribution in [3.8, 4) is 0 Å². The molecule has 0 bridgehead atoms. The van der Waals surface area contributed by atoms with Crippen LogP contribution in [0.5, 0.6) is 0 Å². The van der Waals surface area contributed by atoms with Crippen LogP contribution in [-0.4, -0.2) is 31.9 Å². The van der Waals surface area contributed by atoms with E-state index in [1.54, 1.807) is 7.11 Å². The number of benzene rings is 1. The van der Waals surface area contributed by atoms with Gasteiger partial charge in [0.25, 0.3) is 0 Å². The molecule has 1 saturated carbocycles. The van der Waals surface area contributed by atoms with Crippen molar-refractivity contribution in [2.24, 2.45) is 5.92 Å². The number of rotatable bonds is 8. The molecule has 4 nitrogen and oxygen atoms in total. The van der Waals surface area contributed by atoms with Gasteiger partial charge in [0.05, 0.1) is 19.3 Å². The van der Waals surface area contributed by atoms with Gasteiger partial charge in [-0.3, -0.25) is 4.79 Å². The summed E-state index contributed by atoms with van der Waals surface area (Å²) in [7, 11) is 1.70. The Balaban J connectivity index is 1.92. The zero-order valence-electron chi connectivity index (χ0n) is 14.2. The standard InChI is InChI=1S/C19H28O4/c1-15(20)23-18(14-22-13-16-9-5-3-6-10-16)19(21-2)17-11-7-4-8-12-17/h3,5-6,9-10,17-19H,4,7-8,11-14H2,1-2H3/t18-,19+/m1/s1. The molecule has 0 saturated heterocycles.